The minimum atomic E-state index is -0.172. The van der Waals surface area contributed by atoms with Gasteiger partial charge in [-0.1, -0.05) is 17.3 Å². The molecule has 1 aromatic carbocycles. The SMILES string of the molecule is CC(=O)Nc1ccc(C(C=O)=NO)cc1. The van der Waals surface area contributed by atoms with Gasteiger partial charge in [-0.25, -0.2) is 0 Å². The summed E-state index contributed by atoms with van der Waals surface area (Å²) in [6.07, 6.45) is 0.452. The van der Waals surface area contributed by atoms with Crippen LogP contribution in [0.3, 0.4) is 0 Å². The van der Waals surface area contributed by atoms with Crippen LogP contribution in [0.4, 0.5) is 5.69 Å². The van der Waals surface area contributed by atoms with E-state index in [0.717, 1.165) is 0 Å². The van der Waals surface area contributed by atoms with Gasteiger partial charge in [-0.2, -0.15) is 0 Å². The molecule has 0 bridgehead atoms. The number of nitrogens with zero attached hydrogens (tertiary/aromatic N) is 1. The van der Waals surface area contributed by atoms with E-state index < -0.39 is 0 Å². The Morgan fingerprint density at radius 2 is 2.00 bits per heavy atom. The second kappa shape index (κ2) is 4.90. The van der Waals surface area contributed by atoms with Crippen molar-refractivity contribution in [2.75, 3.05) is 5.32 Å². The fourth-order valence-corrected chi connectivity index (χ4v) is 1.08. The van der Waals surface area contributed by atoms with Crippen LogP contribution in [0.15, 0.2) is 29.4 Å². The third kappa shape index (κ3) is 2.91. The molecule has 1 aromatic rings. The van der Waals surface area contributed by atoms with Crippen molar-refractivity contribution in [3.8, 4) is 0 Å². The first-order valence-corrected chi connectivity index (χ1v) is 4.22. The average molecular weight is 206 g/mol. The zero-order valence-corrected chi connectivity index (χ0v) is 8.10. The molecule has 0 atom stereocenters. The van der Waals surface area contributed by atoms with Gasteiger partial charge in [-0.3, -0.25) is 9.59 Å². The van der Waals surface area contributed by atoms with E-state index in [9.17, 15) is 9.59 Å². The number of benzene rings is 1. The molecule has 0 heterocycles. The number of rotatable bonds is 3. The molecular formula is C10H10N2O3. The normalized spacial score (nSPS) is 10.9. The summed E-state index contributed by atoms with van der Waals surface area (Å²) in [4.78, 5) is 21.2. The second-order valence-electron chi connectivity index (χ2n) is 2.86. The van der Waals surface area contributed by atoms with Crippen molar-refractivity contribution in [1.82, 2.24) is 0 Å². The number of oxime groups is 1. The molecule has 5 nitrogen and oxygen atoms in total. The van der Waals surface area contributed by atoms with E-state index in [1.165, 1.54) is 6.92 Å². The zero-order chi connectivity index (χ0) is 11.3. The molecule has 0 spiro atoms. The van der Waals surface area contributed by atoms with E-state index in [-0.39, 0.29) is 11.6 Å². The summed E-state index contributed by atoms with van der Waals surface area (Å²) in [5.74, 6) is -0.172. The van der Waals surface area contributed by atoms with Crippen molar-refractivity contribution in [3.63, 3.8) is 0 Å². The lowest BCUT2D eigenvalue weighted by Gasteiger charge is -2.02. The van der Waals surface area contributed by atoms with Crippen LogP contribution in [0, 0.1) is 0 Å². The molecule has 5 heteroatoms. The molecule has 0 radical (unpaired) electrons. The van der Waals surface area contributed by atoms with Crippen molar-refractivity contribution in [2.45, 2.75) is 6.92 Å². The van der Waals surface area contributed by atoms with E-state index in [1.54, 1.807) is 24.3 Å². The van der Waals surface area contributed by atoms with Crippen molar-refractivity contribution in [2.24, 2.45) is 5.16 Å². The van der Waals surface area contributed by atoms with Crippen LogP contribution in [-0.2, 0) is 9.59 Å². The molecule has 2 N–H and O–H groups in total. The lowest BCUT2D eigenvalue weighted by Crippen LogP contribution is -2.06. The van der Waals surface area contributed by atoms with Gasteiger partial charge in [0.25, 0.3) is 0 Å². The lowest BCUT2D eigenvalue weighted by atomic mass is 10.1. The topological polar surface area (TPSA) is 78.8 Å². The fourth-order valence-electron chi connectivity index (χ4n) is 1.08. The van der Waals surface area contributed by atoms with Gasteiger partial charge in [0.15, 0.2) is 6.29 Å². The summed E-state index contributed by atoms with van der Waals surface area (Å²) in [5, 5.41) is 13.9. The van der Waals surface area contributed by atoms with Crippen molar-refractivity contribution < 1.29 is 14.8 Å². The standard InChI is InChI=1S/C10H10N2O3/c1-7(14)11-9-4-2-8(3-5-9)10(6-13)12-15/h2-6,15H,1H3,(H,11,14). The van der Waals surface area contributed by atoms with Crippen molar-refractivity contribution in [3.05, 3.63) is 29.8 Å². The molecule has 1 rings (SSSR count). The van der Waals surface area contributed by atoms with E-state index >= 15 is 0 Å². The monoisotopic (exact) mass is 206 g/mol. The Hall–Kier alpha value is -2.17. The van der Waals surface area contributed by atoms with Gasteiger partial charge in [0.05, 0.1) is 0 Å². The summed E-state index contributed by atoms with van der Waals surface area (Å²) in [6.45, 7) is 1.40. The molecule has 0 aromatic heterocycles. The number of amides is 1. The Labute approximate surface area is 86.4 Å². The molecule has 78 valence electrons. The highest BCUT2D eigenvalue weighted by atomic mass is 16.4. The average Bonchev–Trinajstić information content (AvgIpc) is 2.21. The molecule has 15 heavy (non-hydrogen) atoms. The van der Waals surface area contributed by atoms with Crippen LogP contribution < -0.4 is 5.32 Å². The lowest BCUT2D eigenvalue weighted by molar-refractivity contribution is -0.114. The van der Waals surface area contributed by atoms with Gasteiger partial charge in [-0.05, 0) is 12.1 Å². The minimum absolute atomic E-state index is 0.0515. The minimum Gasteiger partial charge on any atom is -0.410 e. The summed E-state index contributed by atoms with van der Waals surface area (Å²) in [6, 6.07) is 6.39. The first-order chi connectivity index (χ1) is 7.17. The molecular weight excluding hydrogens is 196 g/mol. The summed E-state index contributed by atoms with van der Waals surface area (Å²) < 4.78 is 0. The van der Waals surface area contributed by atoms with E-state index in [4.69, 9.17) is 5.21 Å². The predicted molar refractivity (Wildman–Crippen MR) is 55.1 cm³/mol. The fraction of sp³-hybridized carbons (Fsp3) is 0.100. The van der Waals surface area contributed by atoms with E-state index in [0.29, 0.717) is 17.5 Å². The smallest absolute Gasteiger partial charge is 0.221 e. The van der Waals surface area contributed by atoms with Gasteiger partial charge in [0, 0.05) is 18.2 Å². The van der Waals surface area contributed by atoms with Crippen LogP contribution >= 0.6 is 0 Å². The van der Waals surface area contributed by atoms with Gasteiger partial charge in [-0.15, -0.1) is 0 Å². The maximum Gasteiger partial charge on any atom is 0.221 e. The third-order valence-electron chi connectivity index (χ3n) is 1.72. The number of hydrogen-bond donors (Lipinski definition) is 2. The number of nitrogens with one attached hydrogen (secondary N) is 1. The molecule has 0 fully saturated rings. The zero-order valence-electron chi connectivity index (χ0n) is 8.10. The number of anilines is 1. The molecule has 0 aliphatic rings. The highest BCUT2D eigenvalue weighted by Crippen LogP contribution is 2.09. The third-order valence-corrected chi connectivity index (χ3v) is 1.72. The number of carbonyl (C=O) groups excluding carboxylic acids is 2. The van der Waals surface area contributed by atoms with Crippen LogP contribution in [-0.4, -0.2) is 23.1 Å². The van der Waals surface area contributed by atoms with Crippen LogP contribution in [0.1, 0.15) is 12.5 Å². The summed E-state index contributed by atoms with van der Waals surface area (Å²) in [5.41, 5.74) is 1.06. The van der Waals surface area contributed by atoms with Crippen molar-refractivity contribution >= 4 is 23.6 Å². The Kier molecular flexibility index (Phi) is 3.56. The summed E-state index contributed by atoms with van der Waals surface area (Å²) >= 11 is 0. The highest BCUT2D eigenvalue weighted by molar-refractivity contribution is 6.36. The molecule has 0 aliphatic carbocycles. The van der Waals surface area contributed by atoms with E-state index in [2.05, 4.69) is 10.5 Å². The molecule has 0 saturated heterocycles. The van der Waals surface area contributed by atoms with E-state index in [1.807, 2.05) is 0 Å². The number of hydrogen-bond acceptors (Lipinski definition) is 4. The maximum atomic E-state index is 10.7. The Morgan fingerprint density at radius 1 is 1.40 bits per heavy atom. The summed E-state index contributed by atoms with van der Waals surface area (Å²) in [7, 11) is 0. The Balaban J connectivity index is 2.89. The molecule has 0 saturated carbocycles. The molecule has 0 aliphatic heterocycles. The Bertz CT molecular complexity index is 396. The Morgan fingerprint density at radius 3 is 2.40 bits per heavy atom. The molecule has 0 unspecified atom stereocenters. The second-order valence-corrected chi connectivity index (χ2v) is 2.86. The van der Waals surface area contributed by atoms with Crippen LogP contribution in [0.5, 0.6) is 0 Å². The van der Waals surface area contributed by atoms with Gasteiger partial charge in [0.1, 0.15) is 5.71 Å². The number of aldehydes is 1. The van der Waals surface area contributed by atoms with Gasteiger partial charge < -0.3 is 10.5 Å². The first-order valence-electron chi connectivity index (χ1n) is 4.22. The predicted octanol–water partition coefficient (Wildman–Crippen LogP) is 1.02. The van der Waals surface area contributed by atoms with Gasteiger partial charge >= 0.3 is 0 Å². The highest BCUT2D eigenvalue weighted by Gasteiger charge is 2.02. The van der Waals surface area contributed by atoms with Crippen molar-refractivity contribution in [1.29, 1.82) is 0 Å². The quantitative estimate of drug-likeness (QED) is 0.335. The largest absolute Gasteiger partial charge is 0.410 e. The number of carbonyl (C=O) groups is 2. The van der Waals surface area contributed by atoms with Crippen LogP contribution in [0.2, 0.25) is 0 Å². The van der Waals surface area contributed by atoms with Gasteiger partial charge in [0.2, 0.25) is 5.91 Å². The van der Waals surface area contributed by atoms with Crippen LogP contribution in [0.25, 0.3) is 0 Å². The first kappa shape index (κ1) is 10.9. The molecule has 1 amide bonds. The maximum absolute atomic E-state index is 10.7.